The first-order valence-corrected chi connectivity index (χ1v) is 10.7. The molecule has 29 heavy (non-hydrogen) atoms. The molecular formula is C22H31N3O4. The molecule has 4 rings (SSSR count). The number of piperidine rings is 1. The van der Waals surface area contributed by atoms with Gasteiger partial charge in [0.25, 0.3) is 0 Å². The van der Waals surface area contributed by atoms with Crippen molar-refractivity contribution in [3.8, 4) is 5.75 Å². The van der Waals surface area contributed by atoms with Crippen molar-refractivity contribution < 1.29 is 19.8 Å². The van der Waals surface area contributed by atoms with Gasteiger partial charge in [0.1, 0.15) is 5.75 Å². The third kappa shape index (κ3) is 2.94. The topological polar surface area (TPSA) is 93.1 Å². The van der Waals surface area contributed by atoms with Gasteiger partial charge in [-0.2, -0.15) is 0 Å². The third-order valence-corrected chi connectivity index (χ3v) is 7.32. The molecule has 7 heteroatoms. The molecule has 158 valence electrons. The van der Waals surface area contributed by atoms with E-state index in [-0.39, 0.29) is 30.2 Å². The quantitative estimate of drug-likeness (QED) is 0.702. The smallest absolute Gasteiger partial charge is 0.326 e. The Labute approximate surface area is 171 Å². The van der Waals surface area contributed by atoms with Crippen LogP contribution in [0.15, 0.2) is 18.2 Å². The Balaban J connectivity index is 1.87. The van der Waals surface area contributed by atoms with Gasteiger partial charge in [0.2, 0.25) is 5.91 Å². The number of imide groups is 1. The van der Waals surface area contributed by atoms with Crippen molar-refractivity contribution in [3.63, 3.8) is 0 Å². The monoisotopic (exact) mass is 401 g/mol. The molecule has 1 aromatic carbocycles. The zero-order valence-corrected chi connectivity index (χ0v) is 17.3. The molecule has 0 aromatic heterocycles. The maximum Gasteiger partial charge on any atom is 0.326 e. The molecule has 1 aromatic rings. The highest BCUT2D eigenvalue weighted by molar-refractivity contribution is 5.95. The summed E-state index contributed by atoms with van der Waals surface area (Å²) in [6, 6.07) is 4.88. The second-order valence-corrected chi connectivity index (χ2v) is 8.59. The summed E-state index contributed by atoms with van der Waals surface area (Å²) in [4.78, 5) is 29.4. The Bertz CT molecular complexity index is 828. The number of nitrogens with one attached hydrogen (secondary N) is 1. The van der Waals surface area contributed by atoms with Crippen LogP contribution in [-0.4, -0.2) is 69.8 Å². The predicted octanol–water partition coefficient (Wildman–Crippen LogP) is 1.75. The summed E-state index contributed by atoms with van der Waals surface area (Å²) < 4.78 is 0. The molecule has 3 atom stereocenters. The Morgan fingerprint density at radius 1 is 1.21 bits per heavy atom. The van der Waals surface area contributed by atoms with Crippen molar-refractivity contribution in [2.75, 3.05) is 26.2 Å². The number of amides is 3. The fourth-order valence-electron chi connectivity index (χ4n) is 5.82. The molecule has 1 aliphatic carbocycles. The minimum absolute atomic E-state index is 0.0647. The number of aromatic hydroxyl groups is 1. The molecule has 3 amide bonds. The van der Waals surface area contributed by atoms with Crippen LogP contribution < -0.4 is 5.32 Å². The van der Waals surface area contributed by atoms with Gasteiger partial charge in [-0.15, -0.1) is 0 Å². The summed E-state index contributed by atoms with van der Waals surface area (Å²) in [5, 5.41) is 25.8. The van der Waals surface area contributed by atoms with Crippen LogP contribution in [0, 0.1) is 0 Å². The lowest BCUT2D eigenvalue weighted by Crippen LogP contribution is -2.72. The molecule has 3 N–H and O–H groups in total. The van der Waals surface area contributed by atoms with Gasteiger partial charge in [-0.1, -0.05) is 6.07 Å². The number of phenols is 1. The number of aliphatic hydroxyl groups is 1. The normalized spacial score (nSPS) is 32.6. The Morgan fingerprint density at radius 2 is 2.00 bits per heavy atom. The van der Waals surface area contributed by atoms with Gasteiger partial charge in [0.05, 0.1) is 5.60 Å². The number of rotatable bonds is 2. The van der Waals surface area contributed by atoms with Gasteiger partial charge < -0.3 is 20.4 Å². The minimum atomic E-state index is -1.11. The largest absolute Gasteiger partial charge is 0.508 e. The van der Waals surface area contributed by atoms with Gasteiger partial charge in [-0.25, -0.2) is 4.79 Å². The Morgan fingerprint density at radius 3 is 2.72 bits per heavy atom. The number of hydrogen-bond donors (Lipinski definition) is 3. The van der Waals surface area contributed by atoms with Crippen molar-refractivity contribution in [3.05, 3.63) is 29.3 Å². The molecule has 0 spiro atoms. The summed E-state index contributed by atoms with van der Waals surface area (Å²) in [7, 11) is 0. The highest BCUT2D eigenvalue weighted by atomic mass is 16.3. The highest BCUT2D eigenvalue weighted by Crippen LogP contribution is 2.54. The highest BCUT2D eigenvalue weighted by Gasteiger charge is 2.61. The van der Waals surface area contributed by atoms with E-state index in [0.717, 1.165) is 11.1 Å². The second kappa shape index (κ2) is 7.29. The van der Waals surface area contributed by atoms with E-state index in [1.54, 1.807) is 17.0 Å². The fourth-order valence-corrected chi connectivity index (χ4v) is 5.82. The van der Waals surface area contributed by atoms with E-state index in [2.05, 4.69) is 5.32 Å². The molecule has 0 radical (unpaired) electrons. The van der Waals surface area contributed by atoms with Crippen LogP contribution in [-0.2, 0) is 16.6 Å². The van der Waals surface area contributed by atoms with Crippen LogP contribution in [0.25, 0.3) is 0 Å². The van der Waals surface area contributed by atoms with Gasteiger partial charge in [0, 0.05) is 37.5 Å². The molecule has 2 fully saturated rings. The molecule has 2 bridgehead atoms. The Hall–Kier alpha value is -2.12. The first kappa shape index (κ1) is 20.2. The summed E-state index contributed by atoms with van der Waals surface area (Å²) >= 11 is 0. The second-order valence-electron chi connectivity index (χ2n) is 8.59. The minimum Gasteiger partial charge on any atom is -0.508 e. The number of hydrogen-bond acceptors (Lipinski definition) is 5. The fraction of sp³-hybridized carbons (Fsp3) is 0.636. The summed E-state index contributed by atoms with van der Waals surface area (Å²) in [6.07, 6.45) is 2.48. The van der Waals surface area contributed by atoms with Crippen LogP contribution in [0.4, 0.5) is 4.79 Å². The van der Waals surface area contributed by atoms with E-state index in [0.29, 0.717) is 51.9 Å². The number of carbonyl (C=O) groups excluding carboxylic acids is 2. The van der Waals surface area contributed by atoms with E-state index >= 15 is 0 Å². The van der Waals surface area contributed by atoms with Crippen LogP contribution in [0.3, 0.4) is 0 Å². The number of fused-ring (bicyclic) bond motifs is 1. The maximum atomic E-state index is 13.4. The van der Waals surface area contributed by atoms with E-state index in [4.69, 9.17) is 0 Å². The summed E-state index contributed by atoms with van der Waals surface area (Å²) in [5.74, 6) is -0.115. The van der Waals surface area contributed by atoms with Gasteiger partial charge in [-0.3, -0.25) is 9.69 Å². The van der Waals surface area contributed by atoms with Gasteiger partial charge >= 0.3 is 6.03 Å². The number of nitrogens with zero attached hydrogens (tertiary/aromatic N) is 2. The van der Waals surface area contributed by atoms with E-state index in [1.165, 1.54) is 4.90 Å². The number of carbonyl (C=O) groups is 2. The van der Waals surface area contributed by atoms with Crippen molar-refractivity contribution >= 4 is 11.9 Å². The number of phenolic OH excluding ortho intramolecular Hbond substituents is 1. The van der Waals surface area contributed by atoms with Crippen molar-refractivity contribution in [1.29, 1.82) is 0 Å². The lowest BCUT2D eigenvalue weighted by molar-refractivity contribution is -0.144. The van der Waals surface area contributed by atoms with Crippen LogP contribution in [0.1, 0.15) is 50.7 Å². The number of urea groups is 1. The average Bonchev–Trinajstić information content (AvgIpc) is 2.68. The first-order valence-electron chi connectivity index (χ1n) is 10.7. The van der Waals surface area contributed by atoms with E-state index in [1.807, 2.05) is 19.9 Å². The molecule has 3 aliphatic rings. The van der Waals surface area contributed by atoms with Crippen LogP contribution >= 0.6 is 0 Å². The first-order chi connectivity index (χ1) is 13.9. The molecule has 2 heterocycles. The van der Waals surface area contributed by atoms with Crippen molar-refractivity contribution in [2.24, 2.45) is 0 Å². The summed E-state index contributed by atoms with van der Waals surface area (Å²) in [6.45, 7) is 5.76. The van der Waals surface area contributed by atoms with Crippen molar-refractivity contribution in [1.82, 2.24) is 15.1 Å². The molecular weight excluding hydrogens is 370 g/mol. The zero-order valence-electron chi connectivity index (χ0n) is 17.3. The van der Waals surface area contributed by atoms with E-state index < -0.39 is 11.0 Å². The molecule has 2 saturated heterocycles. The Kier molecular flexibility index (Phi) is 5.07. The zero-order chi connectivity index (χ0) is 20.8. The third-order valence-electron chi connectivity index (χ3n) is 7.32. The molecule has 0 unspecified atom stereocenters. The van der Waals surface area contributed by atoms with Gasteiger partial charge in [-0.05, 0) is 69.3 Å². The average molecular weight is 402 g/mol. The van der Waals surface area contributed by atoms with Gasteiger partial charge in [0.15, 0.2) is 0 Å². The lowest BCUT2D eigenvalue weighted by atomic mass is 9.52. The molecule has 7 nitrogen and oxygen atoms in total. The number of benzene rings is 1. The lowest BCUT2D eigenvalue weighted by Gasteiger charge is -2.59. The van der Waals surface area contributed by atoms with Crippen LogP contribution in [0.2, 0.25) is 0 Å². The maximum absolute atomic E-state index is 13.4. The van der Waals surface area contributed by atoms with Crippen LogP contribution in [0.5, 0.6) is 5.75 Å². The molecule has 2 aliphatic heterocycles. The predicted molar refractivity (Wildman–Crippen MR) is 109 cm³/mol. The van der Waals surface area contributed by atoms with Crippen molar-refractivity contribution in [2.45, 2.75) is 63.0 Å². The molecule has 0 saturated carbocycles. The van der Waals surface area contributed by atoms with E-state index in [9.17, 15) is 19.8 Å². The standard InChI is InChI=1S/C22H31N3O4/c1-3-24-11-5-8-22(29)18-12-15-6-7-16(26)13-17(15)21(22,9-10-23-18)14-19(27)25(4-2)20(24)28/h6-7,13,18,23,26,29H,3-5,8-12,14H2,1-2H3/t18-,21-,22-/m1/s1. The SMILES string of the molecule is CCN1CCC[C@@]2(O)[C@H]3Cc4ccc(O)cc4[C@@]2(CCN3)CC(=O)N(CC)C1=O. The summed E-state index contributed by atoms with van der Waals surface area (Å²) in [5.41, 5.74) is -0.00314.